The lowest BCUT2D eigenvalue weighted by Crippen LogP contribution is -2.12. The zero-order chi connectivity index (χ0) is 14.7. The van der Waals surface area contributed by atoms with E-state index < -0.39 is 5.56 Å². The molecule has 0 aliphatic carbocycles. The second-order valence-corrected chi connectivity index (χ2v) is 4.29. The summed E-state index contributed by atoms with van der Waals surface area (Å²) in [7, 11) is 5.18. The zero-order valence-corrected chi connectivity index (χ0v) is 11.5. The Kier molecular flexibility index (Phi) is 3.79. The number of ether oxygens (including phenoxy) is 2. The molecule has 0 saturated heterocycles. The third-order valence-corrected chi connectivity index (χ3v) is 2.70. The van der Waals surface area contributed by atoms with E-state index in [0.717, 1.165) is 5.69 Å². The Morgan fingerprint density at radius 2 is 2.10 bits per heavy atom. The molecule has 0 aliphatic heterocycles. The van der Waals surface area contributed by atoms with Crippen molar-refractivity contribution in [3.63, 3.8) is 0 Å². The summed E-state index contributed by atoms with van der Waals surface area (Å²) in [4.78, 5) is 19.9. The first kappa shape index (κ1) is 13.7. The minimum Gasteiger partial charge on any atom is -0.487 e. The number of hydrogen-bond acceptors (Lipinski definition) is 6. The van der Waals surface area contributed by atoms with Gasteiger partial charge in [-0.3, -0.25) is 4.79 Å². The first-order valence-corrected chi connectivity index (χ1v) is 5.89. The Balaban J connectivity index is 2.42. The topological polar surface area (TPSA) is 93.5 Å². The summed E-state index contributed by atoms with van der Waals surface area (Å²) < 4.78 is 10.6. The SMILES string of the molecule is COc1c(Oc2cc(N(C)C)ccc2N)nc[nH]c1=O. The van der Waals surface area contributed by atoms with Crippen LogP contribution in [0.5, 0.6) is 17.4 Å². The molecule has 0 fully saturated rings. The van der Waals surface area contributed by atoms with Crippen molar-refractivity contribution in [3.8, 4) is 17.4 Å². The molecular formula is C13H16N4O3. The molecule has 0 radical (unpaired) electrons. The Labute approximate surface area is 116 Å². The van der Waals surface area contributed by atoms with Crippen LogP contribution in [0.3, 0.4) is 0 Å². The molecule has 2 aromatic rings. The second-order valence-electron chi connectivity index (χ2n) is 4.29. The molecule has 0 spiro atoms. The summed E-state index contributed by atoms with van der Waals surface area (Å²) in [6, 6.07) is 5.35. The molecule has 3 N–H and O–H groups in total. The van der Waals surface area contributed by atoms with Gasteiger partial charge in [-0.15, -0.1) is 0 Å². The lowest BCUT2D eigenvalue weighted by atomic mass is 10.2. The average Bonchev–Trinajstić information content (AvgIpc) is 2.41. The van der Waals surface area contributed by atoms with Gasteiger partial charge in [-0.2, -0.15) is 0 Å². The van der Waals surface area contributed by atoms with Crippen molar-refractivity contribution in [3.05, 3.63) is 34.9 Å². The van der Waals surface area contributed by atoms with Gasteiger partial charge in [0.15, 0.2) is 5.75 Å². The van der Waals surface area contributed by atoms with Crippen molar-refractivity contribution in [1.82, 2.24) is 9.97 Å². The summed E-state index contributed by atoms with van der Waals surface area (Å²) in [6.45, 7) is 0. The lowest BCUT2D eigenvalue weighted by Gasteiger charge is -2.15. The van der Waals surface area contributed by atoms with Crippen LogP contribution in [0.1, 0.15) is 0 Å². The van der Waals surface area contributed by atoms with Crippen molar-refractivity contribution in [2.24, 2.45) is 0 Å². The normalized spacial score (nSPS) is 10.2. The fraction of sp³-hybridized carbons (Fsp3) is 0.231. The highest BCUT2D eigenvalue weighted by Crippen LogP contribution is 2.32. The Bertz CT molecular complexity index is 667. The molecule has 2 rings (SSSR count). The van der Waals surface area contributed by atoms with E-state index in [4.69, 9.17) is 15.2 Å². The lowest BCUT2D eigenvalue weighted by molar-refractivity contribution is 0.363. The smallest absolute Gasteiger partial charge is 0.297 e. The van der Waals surface area contributed by atoms with Gasteiger partial charge in [0.25, 0.3) is 11.4 Å². The molecule has 20 heavy (non-hydrogen) atoms. The van der Waals surface area contributed by atoms with Gasteiger partial charge in [-0.1, -0.05) is 0 Å². The number of nitrogen functional groups attached to an aromatic ring is 1. The predicted octanol–water partition coefficient (Wildman–Crippen LogP) is 1.22. The number of nitrogens with two attached hydrogens (primary N) is 1. The monoisotopic (exact) mass is 276 g/mol. The molecule has 0 unspecified atom stereocenters. The number of benzene rings is 1. The van der Waals surface area contributed by atoms with Gasteiger partial charge in [0.2, 0.25) is 5.75 Å². The fourth-order valence-corrected chi connectivity index (χ4v) is 1.62. The second kappa shape index (κ2) is 5.52. The third-order valence-electron chi connectivity index (χ3n) is 2.70. The van der Waals surface area contributed by atoms with E-state index >= 15 is 0 Å². The third kappa shape index (κ3) is 2.66. The number of anilines is 2. The van der Waals surface area contributed by atoms with Gasteiger partial charge in [0.1, 0.15) is 0 Å². The summed E-state index contributed by atoms with van der Waals surface area (Å²) in [5.74, 6) is 0.480. The molecule has 1 aromatic carbocycles. The molecular weight excluding hydrogens is 260 g/mol. The van der Waals surface area contributed by atoms with Crippen molar-refractivity contribution < 1.29 is 9.47 Å². The molecule has 1 aromatic heterocycles. The summed E-state index contributed by atoms with van der Waals surface area (Å²) >= 11 is 0. The van der Waals surface area contributed by atoms with E-state index in [-0.39, 0.29) is 11.6 Å². The molecule has 106 valence electrons. The van der Waals surface area contributed by atoms with Crippen LogP contribution in [0, 0.1) is 0 Å². The first-order chi connectivity index (χ1) is 9.52. The standard InChI is InChI=1S/C13H16N4O3/c1-17(2)8-4-5-9(14)10(6-8)20-13-11(19-3)12(18)15-7-16-13/h4-7H,14H2,1-3H3,(H,15,16,18). The highest BCUT2D eigenvalue weighted by Gasteiger charge is 2.13. The van der Waals surface area contributed by atoms with Crippen LogP contribution in [0.25, 0.3) is 0 Å². The Morgan fingerprint density at radius 1 is 1.35 bits per heavy atom. The van der Waals surface area contributed by atoms with Crippen LogP contribution < -0.4 is 25.7 Å². The van der Waals surface area contributed by atoms with E-state index in [1.807, 2.05) is 25.1 Å². The minimum atomic E-state index is -0.417. The van der Waals surface area contributed by atoms with Gasteiger partial charge in [0, 0.05) is 25.8 Å². The van der Waals surface area contributed by atoms with Crippen molar-refractivity contribution in [2.45, 2.75) is 0 Å². The molecule has 7 nitrogen and oxygen atoms in total. The zero-order valence-electron chi connectivity index (χ0n) is 11.5. The van der Waals surface area contributed by atoms with Gasteiger partial charge in [-0.05, 0) is 12.1 Å². The maximum absolute atomic E-state index is 11.6. The first-order valence-electron chi connectivity index (χ1n) is 5.89. The van der Waals surface area contributed by atoms with Crippen LogP contribution in [0.4, 0.5) is 11.4 Å². The number of nitrogens with zero attached hydrogens (tertiary/aromatic N) is 2. The van der Waals surface area contributed by atoms with Gasteiger partial charge < -0.3 is 25.1 Å². The maximum Gasteiger partial charge on any atom is 0.297 e. The number of nitrogens with one attached hydrogen (secondary N) is 1. The largest absolute Gasteiger partial charge is 0.487 e. The van der Waals surface area contributed by atoms with Crippen LogP contribution in [-0.4, -0.2) is 31.2 Å². The molecule has 1 heterocycles. The van der Waals surface area contributed by atoms with E-state index in [9.17, 15) is 4.79 Å². The van der Waals surface area contributed by atoms with Gasteiger partial charge in [0.05, 0.1) is 19.1 Å². The van der Waals surface area contributed by atoms with E-state index in [2.05, 4.69) is 9.97 Å². The number of rotatable bonds is 4. The molecule has 7 heteroatoms. The number of methoxy groups -OCH3 is 1. The Hall–Kier alpha value is -2.70. The summed E-state index contributed by atoms with van der Waals surface area (Å²) in [5.41, 5.74) is 6.81. The molecule has 0 aliphatic rings. The van der Waals surface area contributed by atoms with Crippen LogP contribution >= 0.6 is 0 Å². The van der Waals surface area contributed by atoms with E-state index in [1.165, 1.54) is 13.4 Å². The minimum absolute atomic E-state index is 0.00200. The quantitative estimate of drug-likeness (QED) is 0.815. The van der Waals surface area contributed by atoms with Crippen LogP contribution in [0.2, 0.25) is 0 Å². The molecule has 0 saturated carbocycles. The maximum atomic E-state index is 11.6. The predicted molar refractivity (Wildman–Crippen MR) is 76.7 cm³/mol. The average molecular weight is 276 g/mol. The molecule has 0 amide bonds. The van der Waals surface area contributed by atoms with Crippen LogP contribution in [-0.2, 0) is 0 Å². The number of H-pyrrole nitrogens is 1. The van der Waals surface area contributed by atoms with Crippen molar-refractivity contribution >= 4 is 11.4 Å². The van der Waals surface area contributed by atoms with Gasteiger partial charge in [-0.25, -0.2) is 4.98 Å². The number of aromatic nitrogens is 2. The Morgan fingerprint density at radius 3 is 2.75 bits per heavy atom. The van der Waals surface area contributed by atoms with E-state index in [0.29, 0.717) is 11.4 Å². The van der Waals surface area contributed by atoms with Crippen molar-refractivity contribution in [2.75, 3.05) is 31.8 Å². The highest BCUT2D eigenvalue weighted by atomic mass is 16.5. The molecule has 0 bridgehead atoms. The summed E-state index contributed by atoms with van der Waals surface area (Å²) in [6.07, 6.45) is 1.24. The van der Waals surface area contributed by atoms with Crippen LogP contribution in [0.15, 0.2) is 29.3 Å². The number of aromatic amines is 1. The molecule has 0 atom stereocenters. The number of hydrogen-bond donors (Lipinski definition) is 2. The van der Waals surface area contributed by atoms with Gasteiger partial charge >= 0.3 is 0 Å². The van der Waals surface area contributed by atoms with Crippen molar-refractivity contribution in [1.29, 1.82) is 0 Å². The fourth-order valence-electron chi connectivity index (χ4n) is 1.62. The van der Waals surface area contributed by atoms with E-state index in [1.54, 1.807) is 12.1 Å². The highest BCUT2D eigenvalue weighted by molar-refractivity contribution is 5.62. The summed E-state index contributed by atoms with van der Waals surface area (Å²) in [5, 5.41) is 0.